The minimum Gasteiger partial charge on any atom is -0.358 e. The Morgan fingerprint density at radius 1 is 1.14 bits per heavy atom. The predicted molar refractivity (Wildman–Crippen MR) is 63.3 cm³/mol. The molecule has 0 N–H and O–H groups in total. The van der Waals surface area contributed by atoms with E-state index in [0.29, 0.717) is 0 Å². The zero-order valence-electron chi connectivity index (χ0n) is 11.5. The van der Waals surface area contributed by atoms with E-state index in [-0.39, 0.29) is 17.9 Å². The molecule has 0 spiro atoms. The van der Waals surface area contributed by atoms with E-state index in [1.807, 2.05) is 0 Å². The van der Waals surface area contributed by atoms with E-state index in [9.17, 15) is 17.6 Å². The molecule has 0 aliphatic carbocycles. The average Bonchev–Trinajstić information content (AvgIpc) is 2.82. The number of alkyl halides is 4. The standard InChI is InChI=1S/C13H13F4N3O/c1-11(2,14)10-5-9(20-21-10)6-12(7-18,8-19)3-4-13(15,16)17/h5H,3-4,6H2,1-2H3. The maximum atomic E-state index is 13.6. The van der Waals surface area contributed by atoms with Crippen molar-refractivity contribution >= 4 is 0 Å². The van der Waals surface area contributed by atoms with Gasteiger partial charge in [0.2, 0.25) is 0 Å². The molecule has 0 bridgehead atoms. The average molecular weight is 303 g/mol. The normalized spacial score (nSPS) is 12.8. The maximum Gasteiger partial charge on any atom is 0.389 e. The molecule has 0 aliphatic rings. The first kappa shape index (κ1) is 17.0. The van der Waals surface area contributed by atoms with E-state index >= 15 is 0 Å². The van der Waals surface area contributed by atoms with Crippen LogP contribution in [-0.2, 0) is 12.1 Å². The van der Waals surface area contributed by atoms with Gasteiger partial charge in [-0.2, -0.15) is 23.7 Å². The first-order valence-electron chi connectivity index (χ1n) is 6.06. The van der Waals surface area contributed by atoms with Gasteiger partial charge in [0, 0.05) is 18.9 Å². The number of aromatic nitrogens is 1. The molecule has 114 valence electrons. The highest BCUT2D eigenvalue weighted by Crippen LogP contribution is 2.34. The van der Waals surface area contributed by atoms with Crippen molar-refractivity contribution in [3.8, 4) is 12.1 Å². The third-order valence-electron chi connectivity index (χ3n) is 2.89. The fraction of sp³-hybridized carbons (Fsp3) is 0.615. The van der Waals surface area contributed by atoms with Crippen molar-refractivity contribution in [3.05, 3.63) is 17.5 Å². The number of nitrogens with zero attached hydrogens (tertiary/aromatic N) is 3. The molecule has 0 aromatic carbocycles. The molecule has 0 fully saturated rings. The van der Waals surface area contributed by atoms with Gasteiger partial charge in [-0.15, -0.1) is 0 Å². The van der Waals surface area contributed by atoms with Gasteiger partial charge in [0.05, 0.1) is 17.8 Å². The minimum atomic E-state index is -4.46. The van der Waals surface area contributed by atoms with Crippen molar-refractivity contribution in [2.75, 3.05) is 0 Å². The Morgan fingerprint density at radius 3 is 2.10 bits per heavy atom. The van der Waals surface area contributed by atoms with Crippen molar-refractivity contribution in [2.45, 2.75) is 45.0 Å². The summed E-state index contributed by atoms with van der Waals surface area (Å²) >= 11 is 0. The maximum absolute atomic E-state index is 13.6. The van der Waals surface area contributed by atoms with E-state index in [0.717, 1.165) is 0 Å². The number of halogens is 4. The first-order valence-corrected chi connectivity index (χ1v) is 6.06. The summed E-state index contributed by atoms with van der Waals surface area (Å²) in [5.74, 6) is -0.113. The zero-order valence-corrected chi connectivity index (χ0v) is 11.5. The summed E-state index contributed by atoms with van der Waals surface area (Å²) < 4.78 is 55.1. The molecule has 0 unspecified atom stereocenters. The summed E-state index contributed by atoms with van der Waals surface area (Å²) in [7, 11) is 0. The summed E-state index contributed by atoms with van der Waals surface area (Å²) in [6.45, 7) is 2.45. The summed E-state index contributed by atoms with van der Waals surface area (Å²) in [4.78, 5) is 0. The lowest BCUT2D eigenvalue weighted by Crippen LogP contribution is -2.23. The van der Waals surface area contributed by atoms with Gasteiger partial charge in [-0.1, -0.05) is 5.16 Å². The number of hydrogen-bond donors (Lipinski definition) is 0. The van der Waals surface area contributed by atoms with E-state index in [2.05, 4.69) is 5.16 Å². The van der Waals surface area contributed by atoms with E-state index in [1.54, 1.807) is 12.1 Å². The molecule has 0 radical (unpaired) electrons. The molecular formula is C13H13F4N3O. The second kappa shape index (κ2) is 5.72. The minimum absolute atomic E-state index is 0.0704. The van der Waals surface area contributed by atoms with E-state index < -0.39 is 30.1 Å². The van der Waals surface area contributed by atoms with Gasteiger partial charge in [0.25, 0.3) is 0 Å². The molecule has 0 saturated heterocycles. The van der Waals surface area contributed by atoms with Crippen molar-refractivity contribution in [1.82, 2.24) is 5.16 Å². The van der Waals surface area contributed by atoms with Crippen LogP contribution in [0.1, 0.15) is 38.1 Å². The van der Waals surface area contributed by atoms with Crippen LogP contribution in [0.3, 0.4) is 0 Å². The van der Waals surface area contributed by atoms with Crippen LogP contribution in [0.4, 0.5) is 17.6 Å². The van der Waals surface area contributed by atoms with Crippen LogP contribution in [0.5, 0.6) is 0 Å². The molecule has 1 aromatic rings. The van der Waals surface area contributed by atoms with Gasteiger partial charge < -0.3 is 4.52 Å². The number of nitriles is 2. The van der Waals surface area contributed by atoms with Crippen LogP contribution in [0, 0.1) is 28.1 Å². The van der Waals surface area contributed by atoms with Crippen molar-refractivity contribution in [3.63, 3.8) is 0 Å². The van der Waals surface area contributed by atoms with E-state index in [1.165, 1.54) is 19.9 Å². The highest BCUT2D eigenvalue weighted by molar-refractivity contribution is 5.21. The van der Waals surface area contributed by atoms with Crippen LogP contribution in [-0.4, -0.2) is 11.3 Å². The Kier molecular flexibility index (Phi) is 4.62. The number of rotatable bonds is 5. The monoisotopic (exact) mass is 303 g/mol. The van der Waals surface area contributed by atoms with Crippen LogP contribution in [0.25, 0.3) is 0 Å². The lowest BCUT2D eigenvalue weighted by atomic mass is 9.81. The predicted octanol–water partition coefficient (Wildman–Crippen LogP) is 3.80. The second-order valence-electron chi connectivity index (χ2n) is 5.25. The smallest absolute Gasteiger partial charge is 0.358 e. The largest absolute Gasteiger partial charge is 0.389 e. The fourth-order valence-corrected chi connectivity index (χ4v) is 1.64. The Hall–Kier alpha value is -2.09. The fourth-order valence-electron chi connectivity index (χ4n) is 1.64. The Bertz CT molecular complexity index is 558. The zero-order chi connectivity index (χ0) is 16.3. The Morgan fingerprint density at radius 2 is 1.71 bits per heavy atom. The molecule has 21 heavy (non-hydrogen) atoms. The van der Waals surface area contributed by atoms with Gasteiger partial charge in [-0.3, -0.25) is 0 Å². The van der Waals surface area contributed by atoms with Crippen LogP contribution in [0.2, 0.25) is 0 Å². The third kappa shape index (κ3) is 4.75. The lowest BCUT2D eigenvalue weighted by Gasteiger charge is -2.17. The summed E-state index contributed by atoms with van der Waals surface area (Å²) in [6, 6.07) is 4.40. The van der Waals surface area contributed by atoms with Crippen LogP contribution < -0.4 is 0 Å². The number of hydrogen-bond acceptors (Lipinski definition) is 4. The van der Waals surface area contributed by atoms with E-state index in [4.69, 9.17) is 15.0 Å². The molecule has 1 heterocycles. The summed E-state index contributed by atoms with van der Waals surface area (Å²) in [5, 5.41) is 21.6. The van der Waals surface area contributed by atoms with Gasteiger partial charge in [0.15, 0.2) is 11.4 Å². The van der Waals surface area contributed by atoms with Crippen molar-refractivity contribution in [2.24, 2.45) is 5.41 Å². The summed E-state index contributed by atoms with van der Waals surface area (Å²) in [5.41, 5.74) is -3.61. The Balaban J connectivity index is 2.92. The van der Waals surface area contributed by atoms with Gasteiger partial charge >= 0.3 is 6.18 Å². The summed E-state index contributed by atoms with van der Waals surface area (Å²) in [6.07, 6.45) is -6.75. The van der Waals surface area contributed by atoms with Crippen molar-refractivity contribution in [1.29, 1.82) is 10.5 Å². The van der Waals surface area contributed by atoms with Crippen molar-refractivity contribution < 1.29 is 22.1 Å². The Labute approximate surface area is 118 Å². The molecule has 0 aliphatic heterocycles. The first-order chi connectivity index (χ1) is 9.51. The van der Waals surface area contributed by atoms with Gasteiger partial charge in [-0.25, -0.2) is 4.39 Å². The quantitative estimate of drug-likeness (QED) is 0.775. The topological polar surface area (TPSA) is 73.6 Å². The highest BCUT2D eigenvalue weighted by Gasteiger charge is 2.38. The third-order valence-corrected chi connectivity index (χ3v) is 2.89. The molecular weight excluding hydrogens is 290 g/mol. The molecule has 0 atom stereocenters. The SMILES string of the molecule is CC(C)(F)c1cc(CC(C#N)(C#N)CCC(F)(F)F)no1. The molecule has 8 heteroatoms. The molecule has 0 saturated carbocycles. The van der Waals surface area contributed by atoms with Crippen LogP contribution in [0.15, 0.2) is 10.6 Å². The second-order valence-corrected chi connectivity index (χ2v) is 5.25. The van der Waals surface area contributed by atoms with Gasteiger partial charge in [0.1, 0.15) is 5.41 Å². The molecule has 1 aromatic heterocycles. The highest BCUT2D eigenvalue weighted by atomic mass is 19.4. The lowest BCUT2D eigenvalue weighted by molar-refractivity contribution is -0.138. The molecule has 4 nitrogen and oxygen atoms in total. The molecule has 0 amide bonds. The molecule has 1 rings (SSSR count). The van der Waals surface area contributed by atoms with Gasteiger partial charge in [-0.05, 0) is 20.3 Å². The van der Waals surface area contributed by atoms with Crippen LogP contribution >= 0.6 is 0 Å².